The Morgan fingerprint density at radius 3 is 2.14 bits per heavy atom. The van der Waals surface area contributed by atoms with Crippen LogP contribution in [-0.2, 0) is 4.74 Å². The van der Waals surface area contributed by atoms with Crippen molar-refractivity contribution in [3.63, 3.8) is 0 Å². The zero-order valence-electron chi connectivity index (χ0n) is 4.64. The van der Waals surface area contributed by atoms with Gasteiger partial charge in [0.25, 0.3) is 0 Å². The van der Waals surface area contributed by atoms with Gasteiger partial charge in [-0.2, -0.15) is 0 Å². The summed E-state index contributed by atoms with van der Waals surface area (Å²) in [6.07, 6.45) is -0.602. The van der Waals surface area contributed by atoms with Crippen molar-refractivity contribution in [2.24, 2.45) is 0 Å². The third-order valence-corrected chi connectivity index (χ3v) is 0.408. The Kier molecular flexibility index (Phi) is 11.6. The van der Waals surface area contributed by atoms with Crippen molar-refractivity contribution in [3.05, 3.63) is 0 Å². The van der Waals surface area contributed by atoms with E-state index in [1.165, 1.54) is 0 Å². The molecule has 0 aliphatic rings. The number of ether oxygens (including phenoxy) is 1. The second-order valence-corrected chi connectivity index (χ2v) is 1.05. The van der Waals surface area contributed by atoms with E-state index in [4.69, 9.17) is 5.11 Å². The predicted molar refractivity (Wildman–Crippen MR) is 23.3 cm³/mol. The first-order valence-electron chi connectivity index (χ1n) is 2.07. The first kappa shape index (κ1) is 11.1. The maximum absolute atomic E-state index is 8.33. The molecule has 0 fully saturated rings. The van der Waals surface area contributed by atoms with Gasteiger partial charge in [-0.1, -0.05) is 0 Å². The van der Waals surface area contributed by atoms with Gasteiger partial charge >= 0.3 is 0 Å². The molecule has 1 atom stereocenters. The molecule has 0 heterocycles. The molecule has 0 rings (SSSR count). The topological polar surface area (TPSA) is 29.5 Å². The molecule has 0 aromatic carbocycles. The van der Waals surface area contributed by atoms with E-state index in [0.717, 1.165) is 0 Å². The van der Waals surface area contributed by atoms with Crippen molar-refractivity contribution >= 4 is 0 Å². The molecule has 2 nitrogen and oxygen atoms in total. The van der Waals surface area contributed by atoms with Crippen molar-refractivity contribution in [2.45, 2.75) is 20.1 Å². The Labute approximate surface area is 77.6 Å². The maximum atomic E-state index is 8.33. The number of aliphatic hydroxyl groups excluding tert-OH is 1. The smallest absolute Gasteiger partial charge is 0.151 e. The number of hydrogen-bond donors (Lipinski definition) is 1. The Bertz CT molecular complexity index is 30.9. The van der Waals surface area contributed by atoms with E-state index in [1.807, 2.05) is 6.92 Å². The second kappa shape index (κ2) is 7.30. The van der Waals surface area contributed by atoms with Crippen LogP contribution in [0.4, 0.5) is 0 Å². The van der Waals surface area contributed by atoms with E-state index >= 15 is 0 Å². The van der Waals surface area contributed by atoms with Gasteiger partial charge in [-0.15, -0.1) is 0 Å². The van der Waals surface area contributed by atoms with Gasteiger partial charge in [-0.3, -0.25) is 0 Å². The fraction of sp³-hybridized carbons (Fsp3) is 1.00. The number of aliphatic hydroxyl groups is 1. The van der Waals surface area contributed by atoms with Gasteiger partial charge in [0.05, 0.1) is 0 Å². The summed E-state index contributed by atoms with van der Waals surface area (Å²) in [5.74, 6) is 0. The number of rotatable bonds is 2. The van der Waals surface area contributed by atoms with E-state index in [0.29, 0.717) is 6.61 Å². The molecular formula is C4H10CeO2. The van der Waals surface area contributed by atoms with Crippen LogP contribution in [0.25, 0.3) is 0 Å². The van der Waals surface area contributed by atoms with E-state index < -0.39 is 6.29 Å². The van der Waals surface area contributed by atoms with Crippen molar-refractivity contribution in [1.82, 2.24) is 0 Å². The molecule has 1 N–H and O–H groups in total. The summed E-state index contributed by atoms with van der Waals surface area (Å²) in [5.41, 5.74) is 0. The third kappa shape index (κ3) is 11.1. The summed E-state index contributed by atoms with van der Waals surface area (Å²) in [6.45, 7) is 4.01. The molecular weight excluding hydrogens is 220 g/mol. The molecule has 0 spiro atoms. The monoisotopic (exact) mass is 230 g/mol. The molecule has 7 heavy (non-hydrogen) atoms. The van der Waals surface area contributed by atoms with Crippen LogP contribution in [0.3, 0.4) is 0 Å². The average Bonchev–Trinajstić information content (AvgIpc) is 1.35. The summed E-state index contributed by atoms with van der Waals surface area (Å²) in [5, 5.41) is 8.33. The van der Waals surface area contributed by atoms with Gasteiger partial charge in [0.2, 0.25) is 0 Å². The fourth-order valence-corrected chi connectivity index (χ4v) is 0.241. The van der Waals surface area contributed by atoms with Crippen molar-refractivity contribution < 1.29 is 51.6 Å². The molecule has 0 radical (unpaired) electrons. The molecule has 3 heteroatoms. The Morgan fingerprint density at radius 1 is 1.71 bits per heavy atom. The largest absolute Gasteiger partial charge is 0.368 e. The van der Waals surface area contributed by atoms with E-state index in [-0.39, 0.29) is 41.7 Å². The summed E-state index contributed by atoms with van der Waals surface area (Å²) in [6, 6.07) is 0. The van der Waals surface area contributed by atoms with Crippen LogP contribution in [0, 0.1) is 41.7 Å². The molecule has 1 unspecified atom stereocenters. The molecule has 0 saturated carbocycles. The first-order valence-corrected chi connectivity index (χ1v) is 2.07. The van der Waals surface area contributed by atoms with Crippen molar-refractivity contribution in [2.75, 3.05) is 6.61 Å². The zero-order chi connectivity index (χ0) is 4.99. The fourth-order valence-electron chi connectivity index (χ4n) is 0.241. The minimum atomic E-state index is -0.602. The Morgan fingerprint density at radius 2 is 2.14 bits per heavy atom. The molecule has 0 amide bonds. The SMILES string of the molecule is CCOC(C)O.[Ce]. The molecule has 0 aromatic rings. The quantitative estimate of drug-likeness (QED) is 0.694. The van der Waals surface area contributed by atoms with Crippen LogP contribution in [0.15, 0.2) is 0 Å². The van der Waals surface area contributed by atoms with Gasteiger partial charge in [0, 0.05) is 48.4 Å². The summed E-state index contributed by atoms with van der Waals surface area (Å²) < 4.78 is 4.60. The normalized spacial score (nSPS) is 12.4. The predicted octanol–water partition coefficient (Wildman–Crippen LogP) is 0.361. The molecule has 0 aliphatic heterocycles. The minimum absolute atomic E-state index is 0. The van der Waals surface area contributed by atoms with Crippen LogP contribution < -0.4 is 0 Å². The van der Waals surface area contributed by atoms with Crippen molar-refractivity contribution in [1.29, 1.82) is 0 Å². The van der Waals surface area contributed by atoms with Crippen LogP contribution in [0.1, 0.15) is 13.8 Å². The van der Waals surface area contributed by atoms with Gasteiger partial charge in [0.15, 0.2) is 6.29 Å². The van der Waals surface area contributed by atoms with E-state index in [2.05, 4.69) is 4.74 Å². The van der Waals surface area contributed by atoms with E-state index in [9.17, 15) is 0 Å². The van der Waals surface area contributed by atoms with Gasteiger partial charge < -0.3 is 9.84 Å². The van der Waals surface area contributed by atoms with E-state index in [1.54, 1.807) is 6.92 Å². The Balaban J connectivity index is 0. The first-order chi connectivity index (χ1) is 2.77. The van der Waals surface area contributed by atoms with Crippen LogP contribution in [-0.4, -0.2) is 18.0 Å². The summed E-state index contributed by atoms with van der Waals surface area (Å²) >= 11 is 0. The Hall–Kier alpha value is 1.30. The molecule has 42 valence electrons. The summed E-state index contributed by atoms with van der Waals surface area (Å²) in [7, 11) is 0. The average molecular weight is 230 g/mol. The standard InChI is InChI=1S/C4H10O2.Ce/c1-3-6-4(2)5;/h4-5H,3H2,1-2H3;. The molecule has 0 aromatic heterocycles. The van der Waals surface area contributed by atoms with Crippen LogP contribution in [0.5, 0.6) is 0 Å². The minimum Gasteiger partial charge on any atom is -0.368 e. The van der Waals surface area contributed by atoms with Gasteiger partial charge in [-0.25, -0.2) is 0 Å². The number of hydrogen-bond acceptors (Lipinski definition) is 2. The van der Waals surface area contributed by atoms with Gasteiger partial charge in [0.1, 0.15) is 0 Å². The second-order valence-electron chi connectivity index (χ2n) is 1.05. The van der Waals surface area contributed by atoms with Gasteiger partial charge in [-0.05, 0) is 13.8 Å². The van der Waals surface area contributed by atoms with Crippen LogP contribution >= 0.6 is 0 Å². The maximum Gasteiger partial charge on any atom is 0.151 e. The molecule has 0 bridgehead atoms. The molecule has 0 saturated heterocycles. The third-order valence-electron chi connectivity index (χ3n) is 0.408. The zero-order valence-corrected chi connectivity index (χ0v) is 7.78. The van der Waals surface area contributed by atoms with Crippen LogP contribution in [0.2, 0.25) is 0 Å². The van der Waals surface area contributed by atoms with Crippen molar-refractivity contribution in [3.8, 4) is 0 Å². The molecule has 0 aliphatic carbocycles. The summed E-state index contributed by atoms with van der Waals surface area (Å²) in [4.78, 5) is 0.